The number of furan rings is 1. The number of benzene rings is 4. The minimum Gasteiger partial charge on any atom is -0.455 e. The van der Waals surface area contributed by atoms with Crippen LogP contribution in [0.1, 0.15) is 11.1 Å². The summed E-state index contributed by atoms with van der Waals surface area (Å²) in [6, 6.07) is 31.6. The van der Waals surface area contributed by atoms with Gasteiger partial charge in [-0.05, 0) is 64.7 Å². The minimum atomic E-state index is 0.641. The van der Waals surface area contributed by atoms with Crippen molar-refractivity contribution in [3.63, 3.8) is 0 Å². The first-order valence-corrected chi connectivity index (χ1v) is 11.0. The smallest absolute Gasteiger partial charge is 0.216 e. The lowest BCUT2D eigenvalue weighted by Crippen LogP contribution is -2.30. The fourth-order valence-corrected chi connectivity index (χ4v) is 4.82. The van der Waals surface area contributed by atoms with E-state index in [0.29, 0.717) is 5.56 Å². The van der Waals surface area contributed by atoms with Crippen molar-refractivity contribution < 1.29 is 8.98 Å². The van der Waals surface area contributed by atoms with Crippen molar-refractivity contribution >= 4 is 32.7 Å². The van der Waals surface area contributed by atoms with Gasteiger partial charge >= 0.3 is 0 Å². The lowest BCUT2D eigenvalue weighted by Gasteiger charge is -2.06. The van der Waals surface area contributed by atoms with E-state index in [9.17, 15) is 5.26 Å². The van der Waals surface area contributed by atoms with Crippen molar-refractivity contribution in [2.45, 2.75) is 6.92 Å². The molecule has 0 radical (unpaired) electrons. The molecule has 0 saturated heterocycles. The molecular weight excluding hydrogens is 404 g/mol. The lowest BCUT2D eigenvalue weighted by atomic mass is 9.95. The number of hydrogen-bond acceptors (Lipinski definition) is 2. The van der Waals surface area contributed by atoms with Gasteiger partial charge in [-0.2, -0.15) is 5.26 Å². The van der Waals surface area contributed by atoms with Gasteiger partial charge in [0, 0.05) is 22.9 Å². The molecule has 3 nitrogen and oxygen atoms in total. The van der Waals surface area contributed by atoms with E-state index >= 15 is 0 Å². The third kappa shape index (κ3) is 3.00. The van der Waals surface area contributed by atoms with Crippen LogP contribution in [0.25, 0.3) is 55.1 Å². The van der Waals surface area contributed by atoms with Crippen LogP contribution < -0.4 is 4.57 Å². The van der Waals surface area contributed by atoms with Crippen molar-refractivity contribution in [3.05, 3.63) is 102 Å². The monoisotopic (exact) mass is 425 g/mol. The number of aryl methyl sites for hydroxylation is 2. The van der Waals surface area contributed by atoms with E-state index in [1.165, 1.54) is 10.8 Å². The van der Waals surface area contributed by atoms with Gasteiger partial charge in [-0.15, -0.1) is 0 Å². The molecule has 0 amide bonds. The highest BCUT2D eigenvalue weighted by Gasteiger charge is 2.23. The molecule has 2 heterocycles. The van der Waals surface area contributed by atoms with Crippen molar-refractivity contribution in [1.29, 1.82) is 5.26 Å². The van der Waals surface area contributed by atoms with Crippen LogP contribution >= 0.6 is 0 Å². The number of hydrogen-bond donors (Lipinski definition) is 0. The lowest BCUT2D eigenvalue weighted by molar-refractivity contribution is -0.660. The van der Waals surface area contributed by atoms with Crippen molar-refractivity contribution in [3.8, 4) is 28.5 Å². The summed E-state index contributed by atoms with van der Waals surface area (Å²) in [4.78, 5) is 0. The van der Waals surface area contributed by atoms with Crippen LogP contribution in [-0.4, -0.2) is 0 Å². The molecule has 2 aromatic heterocycles. The molecule has 0 aliphatic rings. The van der Waals surface area contributed by atoms with Crippen LogP contribution in [-0.2, 0) is 7.05 Å². The van der Waals surface area contributed by atoms with Crippen LogP contribution in [0.5, 0.6) is 0 Å². The van der Waals surface area contributed by atoms with Gasteiger partial charge in [0.2, 0.25) is 5.69 Å². The fourth-order valence-electron chi connectivity index (χ4n) is 4.82. The third-order valence-electron chi connectivity index (χ3n) is 6.46. The minimum absolute atomic E-state index is 0.641. The fraction of sp³-hybridized carbons (Fsp3) is 0.0667. The van der Waals surface area contributed by atoms with E-state index in [-0.39, 0.29) is 0 Å². The third-order valence-corrected chi connectivity index (χ3v) is 6.46. The number of pyridine rings is 1. The van der Waals surface area contributed by atoms with Gasteiger partial charge in [0.15, 0.2) is 11.8 Å². The van der Waals surface area contributed by atoms with Gasteiger partial charge in [0.1, 0.15) is 12.6 Å². The van der Waals surface area contributed by atoms with Crippen LogP contribution in [0, 0.1) is 18.3 Å². The first-order chi connectivity index (χ1) is 16.1. The van der Waals surface area contributed by atoms with Gasteiger partial charge in [0.05, 0.1) is 17.2 Å². The molecular formula is C30H21N2O+. The number of fused-ring (bicyclic) bond motifs is 4. The summed E-state index contributed by atoms with van der Waals surface area (Å²) in [7, 11) is 2.03. The molecule has 6 aromatic rings. The summed E-state index contributed by atoms with van der Waals surface area (Å²) in [5.74, 6) is 0. The topological polar surface area (TPSA) is 40.8 Å². The van der Waals surface area contributed by atoms with Crippen molar-refractivity contribution in [2.75, 3.05) is 0 Å². The zero-order chi connectivity index (χ0) is 22.5. The number of nitriles is 1. The van der Waals surface area contributed by atoms with E-state index in [4.69, 9.17) is 4.42 Å². The van der Waals surface area contributed by atoms with Crippen LogP contribution in [0.3, 0.4) is 0 Å². The van der Waals surface area contributed by atoms with Gasteiger partial charge in [0.25, 0.3) is 0 Å². The predicted molar refractivity (Wildman–Crippen MR) is 133 cm³/mol. The second-order valence-electron chi connectivity index (χ2n) is 8.50. The highest BCUT2D eigenvalue weighted by Crippen LogP contribution is 2.40. The van der Waals surface area contributed by atoms with E-state index in [1.807, 2.05) is 38.4 Å². The molecule has 156 valence electrons. The Hall–Kier alpha value is -4.42. The van der Waals surface area contributed by atoms with E-state index in [1.54, 1.807) is 0 Å². The number of rotatable bonds is 2. The van der Waals surface area contributed by atoms with Gasteiger partial charge in [-0.25, -0.2) is 4.57 Å². The zero-order valence-corrected chi connectivity index (χ0v) is 18.5. The summed E-state index contributed by atoms with van der Waals surface area (Å²) in [6.07, 6.45) is 2.03. The van der Waals surface area contributed by atoms with E-state index in [0.717, 1.165) is 49.9 Å². The Bertz CT molecular complexity index is 1750. The first-order valence-electron chi connectivity index (χ1n) is 11.0. The maximum Gasteiger partial charge on any atom is 0.216 e. The normalized spacial score (nSPS) is 11.3. The maximum atomic E-state index is 9.89. The highest BCUT2D eigenvalue weighted by molar-refractivity contribution is 6.13. The zero-order valence-electron chi connectivity index (χ0n) is 18.5. The van der Waals surface area contributed by atoms with Crippen LogP contribution in [0.15, 0.2) is 95.5 Å². The molecule has 0 atom stereocenters. The summed E-state index contributed by atoms with van der Waals surface area (Å²) >= 11 is 0. The second kappa shape index (κ2) is 7.32. The quantitative estimate of drug-likeness (QED) is 0.278. The number of aromatic nitrogens is 1. The number of nitrogens with zero attached hydrogens (tertiary/aromatic N) is 2. The summed E-state index contributed by atoms with van der Waals surface area (Å²) in [5.41, 5.74) is 7.53. The highest BCUT2D eigenvalue weighted by atomic mass is 16.3. The van der Waals surface area contributed by atoms with Crippen molar-refractivity contribution in [2.24, 2.45) is 7.05 Å². The van der Waals surface area contributed by atoms with E-state index in [2.05, 4.69) is 77.4 Å². The Morgan fingerprint density at radius 1 is 0.818 bits per heavy atom. The molecule has 0 aliphatic heterocycles. The molecule has 0 fully saturated rings. The van der Waals surface area contributed by atoms with E-state index < -0.39 is 0 Å². The Labute approximate surface area is 191 Å². The standard InChI is InChI=1S/C30H21N2O/c1-19-15-24(18-31)29-25-13-12-23(22-11-10-20-7-3-4-8-21(20)16-22)17-27(25)33-30(29)28(19)26-9-5-6-14-32(26)2/h3-17H,1-2H3/q+1. The van der Waals surface area contributed by atoms with Crippen molar-refractivity contribution in [1.82, 2.24) is 0 Å². The molecule has 3 heteroatoms. The van der Waals surface area contributed by atoms with Crippen LogP contribution in [0.2, 0.25) is 0 Å². The molecule has 0 saturated carbocycles. The molecule has 0 unspecified atom stereocenters. The Kier molecular flexibility index (Phi) is 4.28. The molecule has 33 heavy (non-hydrogen) atoms. The van der Waals surface area contributed by atoms with Gasteiger partial charge < -0.3 is 4.42 Å². The Balaban J connectivity index is 1.63. The SMILES string of the molecule is Cc1cc(C#N)c2c(oc3cc(-c4ccc5ccccc5c4)ccc32)c1-c1cccc[n+]1C. The summed E-state index contributed by atoms with van der Waals surface area (Å²) in [6.45, 7) is 2.04. The second-order valence-corrected chi connectivity index (χ2v) is 8.50. The van der Waals surface area contributed by atoms with Gasteiger partial charge in [-0.3, -0.25) is 0 Å². The Morgan fingerprint density at radius 2 is 1.58 bits per heavy atom. The molecule has 0 spiro atoms. The first kappa shape index (κ1) is 19.3. The predicted octanol–water partition coefficient (Wildman–Crippen LogP) is 7.08. The van der Waals surface area contributed by atoms with Gasteiger partial charge in [-0.1, -0.05) is 42.5 Å². The molecule has 0 bridgehead atoms. The molecule has 0 N–H and O–H groups in total. The maximum absolute atomic E-state index is 9.89. The summed E-state index contributed by atoms with van der Waals surface area (Å²) in [5, 5.41) is 14.2. The molecule has 6 rings (SSSR count). The average Bonchev–Trinajstić information content (AvgIpc) is 3.22. The summed E-state index contributed by atoms with van der Waals surface area (Å²) < 4.78 is 8.59. The Morgan fingerprint density at radius 3 is 2.39 bits per heavy atom. The molecule has 4 aromatic carbocycles. The largest absolute Gasteiger partial charge is 0.455 e. The average molecular weight is 426 g/mol. The van der Waals surface area contributed by atoms with Crippen LogP contribution in [0.4, 0.5) is 0 Å². The molecule has 0 aliphatic carbocycles.